The van der Waals surface area contributed by atoms with Crippen LogP contribution in [0.4, 0.5) is 0 Å². The molecule has 2 fully saturated rings. The third-order valence-electron chi connectivity index (χ3n) is 3.44. The van der Waals surface area contributed by atoms with E-state index in [2.05, 4.69) is 21.3 Å². The smallest absolute Gasteiger partial charge is 0.104 e. The summed E-state index contributed by atoms with van der Waals surface area (Å²) in [5.41, 5.74) is 0. The molecule has 2 atom stereocenters. The third-order valence-corrected chi connectivity index (χ3v) is 3.44. The summed E-state index contributed by atoms with van der Waals surface area (Å²) in [6.07, 6.45) is 8.32. The van der Waals surface area contributed by atoms with Crippen LogP contribution in [0.5, 0.6) is 0 Å². The maximum atomic E-state index is 5.90. The molecule has 1 N–H and O–H groups in total. The van der Waals surface area contributed by atoms with Crippen LogP contribution in [0.3, 0.4) is 0 Å². The van der Waals surface area contributed by atoms with E-state index in [-0.39, 0.29) is 0 Å². The first-order valence-electron chi connectivity index (χ1n) is 6.24. The minimum Gasteiger partial charge on any atom is -0.369 e. The largest absolute Gasteiger partial charge is 0.369 e. The van der Waals surface area contributed by atoms with Gasteiger partial charge in [-0.3, -0.25) is 0 Å². The first kappa shape index (κ1) is 10.3. The molecule has 0 aromatic carbocycles. The predicted octanol–water partition coefficient (Wildman–Crippen LogP) is 0.755. The standard InChI is InChI=1S/C12H19N3O/c1-2-4-12(14-5-3-1)15-8-10-6-13-7-11(9-15)16-10/h3,5,10-11,13H,1-2,4,6-9H2. The number of amidine groups is 1. The van der Waals surface area contributed by atoms with Gasteiger partial charge in [0.25, 0.3) is 0 Å². The molecule has 3 heterocycles. The van der Waals surface area contributed by atoms with Gasteiger partial charge in [-0.1, -0.05) is 6.08 Å². The van der Waals surface area contributed by atoms with Gasteiger partial charge in [0.15, 0.2) is 0 Å². The van der Waals surface area contributed by atoms with Crippen molar-refractivity contribution in [2.45, 2.75) is 31.5 Å². The molecule has 88 valence electrons. The van der Waals surface area contributed by atoms with Crippen molar-refractivity contribution in [1.82, 2.24) is 10.2 Å². The van der Waals surface area contributed by atoms with Gasteiger partial charge in [0.1, 0.15) is 5.84 Å². The van der Waals surface area contributed by atoms with Crippen LogP contribution in [0, 0.1) is 0 Å². The fraction of sp³-hybridized carbons (Fsp3) is 0.750. The summed E-state index contributed by atoms with van der Waals surface area (Å²) in [6.45, 7) is 3.96. The Balaban J connectivity index is 1.70. The molecule has 2 saturated heterocycles. The monoisotopic (exact) mass is 221 g/mol. The molecule has 2 unspecified atom stereocenters. The Labute approximate surface area is 96.4 Å². The van der Waals surface area contributed by atoms with Gasteiger partial charge in [-0.05, 0) is 12.8 Å². The molecule has 2 bridgehead atoms. The van der Waals surface area contributed by atoms with Gasteiger partial charge in [0, 0.05) is 38.8 Å². The number of fused-ring (bicyclic) bond motifs is 2. The van der Waals surface area contributed by atoms with E-state index in [1.807, 2.05) is 6.20 Å². The van der Waals surface area contributed by atoms with Crippen LogP contribution < -0.4 is 5.32 Å². The second-order valence-electron chi connectivity index (χ2n) is 4.77. The fourth-order valence-electron chi connectivity index (χ4n) is 2.66. The lowest BCUT2D eigenvalue weighted by molar-refractivity contribution is -0.0862. The molecule has 0 radical (unpaired) electrons. The molecule has 4 heteroatoms. The first-order chi connectivity index (χ1) is 7.92. The molecule has 0 amide bonds. The van der Waals surface area contributed by atoms with Crippen molar-refractivity contribution in [3.05, 3.63) is 12.3 Å². The maximum absolute atomic E-state index is 5.90. The van der Waals surface area contributed by atoms with Crippen LogP contribution in [0.2, 0.25) is 0 Å². The molecule has 0 aromatic heterocycles. The topological polar surface area (TPSA) is 36.9 Å². The summed E-state index contributed by atoms with van der Waals surface area (Å²) < 4.78 is 5.90. The Bertz CT molecular complexity index is 301. The van der Waals surface area contributed by atoms with Crippen molar-refractivity contribution < 1.29 is 4.74 Å². The molecule has 16 heavy (non-hydrogen) atoms. The van der Waals surface area contributed by atoms with Gasteiger partial charge in [0.05, 0.1) is 12.2 Å². The quantitative estimate of drug-likeness (QED) is 0.656. The summed E-state index contributed by atoms with van der Waals surface area (Å²) in [4.78, 5) is 6.99. The predicted molar refractivity (Wildman–Crippen MR) is 63.5 cm³/mol. The normalized spacial score (nSPS) is 34.5. The van der Waals surface area contributed by atoms with Gasteiger partial charge >= 0.3 is 0 Å². The number of rotatable bonds is 0. The van der Waals surface area contributed by atoms with Crippen molar-refractivity contribution in [2.24, 2.45) is 4.99 Å². The number of hydrogen-bond acceptors (Lipinski definition) is 4. The van der Waals surface area contributed by atoms with Gasteiger partial charge in [0.2, 0.25) is 0 Å². The molecular weight excluding hydrogens is 202 g/mol. The Morgan fingerprint density at radius 3 is 2.94 bits per heavy atom. The first-order valence-corrected chi connectivity index (χ1v) is 6.24. The number of nitrogens with zero attached hydrogens (tertiary/aromatic N) is 2. The van der Waals surface area contributed by atoms with E-state index in [1.165, 1.54) is 12.3 Å². The highest BCUT2D eigenvalue weighted by Crippen LogP contribution is 2.17. The average Bonchev–Trinajstić information content (AvgIpc) is 2.57. The summed E-state index contributed by atoms with van der Waals surface area (Å²) in [7, 11) is 0. The van der Waals surface area contributed by atoms with Gasteiger partial charge < -0.3 is 15.0 Å². The Hall–Kier alpha value is -0.870. The number of morpholine rings is 2. The zero-order valence-corrected chi connectivity index (χ0v) is 9.56. The second-order valence-corrected chi connectivity index (χ2v) is 4.77. The van der Waals surface area contributed by atoms with E-state index >= 15 is 0 Å². The van der Waals surface area contributed by atoms with Crippen molar-refractivity contribution in [2.75, 3.05) is 26.2 Å². The van der Waals surface area contributed by atoms with Crippen molar-refractivity contribution in [3.8, 4) is 0 Å². The molecule has 3 aliphatic rings. The summed E-state index contributed by atoms with van der Waals surface area (Å²) in [6, 6.07) is 0. The van der Waals surface area contributed by atoms with E-state index < -0.39 is 0 Å². The maximum Gasteiger partial charge on any atom is 0.104 e. The zero-order valence-electron chi connectivity index (χ0n) is 9.56. The van der Waals surface area contributed by atoms with Crippen LogP contribution in [-0.2, 0) is 4.74 Å². The van der Waals surface area contributed by atoms with Crippen LogP contribution in [0.15, 0.2) is 17.3 Å². The lowest BCUT2D eigenvalue weighted by Crippen LogP contribution is -2.59. The molecule has 3 rings (SSSR count). The fourth-order valence-corrected chi connectivity index (χ4v) is 2.66. The van der Waals surface area contributed by atoms with E-state index in [1.54, 1.807) is 0 Å². The van der Waals surface area contributed by atoms with E-state index in [4.69, 9.17) is 4.74 Å². The molecule has 0 aromatic rings. The molecule has 0 aliphatic carbocycles. The van der Waals surface area contributed by atoms with Gasteiger partial charge in [-0.15, -0.1) is 0 Å². The number of aliphatic imine (C=N–C) groups is 1. The highest BCUT2D eigenvalue weighted by Gasteiger charge is 2.32. The summed E-state index contributed by atoms with van der Waals surface area (Å²) in [5.74, 6) is 1.26. The number of hydrogen-bond donors (Lipinski definition) is 1. The van der Waals surface area contributed by atoms with Crippen molar-refractivity contribution in [3.63, 3.8) is 0 Å². The summed E-state index contributed by atoms with van der Waals surface area (Å²) >= 11 is 0. The van der Waals surface area contributed by atoms with E-state index in [0.717, 1.165) is 39.0 Å². The number of ether oxygens (including phenoxy) is 1. The van der Waals surface area contributed by atoms with Crippen LogP contribution in [0.25, 0.3) is 0 Å². The van der Waals surface area contributed by atoms with Crippen molar-refractivity contribution >= 4 is 5.84 Å². The molecule has 4 nitrogen and oxygen atoms in total. The minimum atomic E-state index is 0.349. The second kappa shape index (κ2) is 4.55. The van der Waals surface area contributed by atoms with Gasteiger partial charge in [-0.25, -0.2) is 4.99 Å². The Kier molecular flexibility index (Phi) is 2.93. The van der Waals surface area contributed by atoms with Gasteiger partial charge in [-0.2, -0.15) is 0 Å². The molecule has 0 spiro atoms. The molecular formula is C12H19N3O. The van der Waals surface area contributed by atoms with E-state index in [0.29, 0.717) is 12.2 Å². The molecule has 0 saturated carbocycles. The zero-order chi connectivity index (χ0) is 10.8. The van der Waals surface area contributed by atoms with Crippen LogP contribution in [0.1, 0.15) is 19.3 Å². The number of nitrogens with one attached hydrogen (secondary N) is 1. The average molecular weight is 221 g/mol. The summed E-state index contributed by atoms with van der Waals surface area (Å²) in [5, 5.41) is 3.42. The minimum absolute atomic E-state index is 0.349. The van der Waals surface area contributed by atoms with E-state index in [9.17, 15) is 0 Å². The van der Waals surface area contributed by atoms with Crippen LogP contribution >= 0.6 is 0 Å². The Morgan fingerprint density at radius 2 is 2.12 bits per heavy atom. The van der Waals surface area contributed by atoms with Crippen molar-refractivity contribution in [1.29, 1.82) is 0 Å². The lowest BCUT2D eigenvalue weighted by Gasteiger charge is -2.43. The lowest BCUT2D eigenvalue weighted by atomic mass is 10.1. The number of allylic oxidation sites excluding steroid dienone is 1. The highest BCUT2D eigenvalue weighted by atomic mass is 16.5. The van der Waals surface area contributed by atoms with Crippen LogP contribution in [-0.4, -0.2) is 49.1 Å². The SMILES string of the molecule is C1=CN=C(N2CC3CNCC(C2)O3)CCC1. The molecule has 3 aliphatic heterocycles. The Morgan fingerprint density at radius 1 is 1.31 bits per heavy atom. The highest BCUT2D eigenvalue weighted by molar-refractivity contribution is 5.83. The third kappa shape index (κ3) is 2.13.